The summed E-state index contributed by atoms with van der Waals surface area (Å²) in [5.41, 5.74) is 3.16. The number of nitrogens with one attached hydrogen (secondary N) is 1. The van der Waals surface area contributed by atoms with Gasteiger partial charge in [0.25, 0.3) is 0 Å². The number of aromatic nitrogens is 1. The van der Waals surface area contributed by atoms with E-state index in [4.69, 9.17) is 0 Å². The molecule has 3 rings (SSSR count). The van der Waals surface area contributed by atoms with E-state index in [-0.39, 0.29) is 23.7 Å². The molecule has 27 heavy (non-hydrogen) atoms. The monoisotopic (exact) mass is 366 g/mol. The van der Waals surface area contributed by atoms with Gasteiger partial charge >= 0.3 is 0 Å². The third-order valence-electron chi connectivity index (χ3n) is 5.35. The highest BCUT2D eigenvalue weighted by molar-refractivity contribution is 5.86. The number of fused-ring (bicyclic) bond motifs is 1. The van der Waals surface area contributed by atoms with Gasteiger partial charge in [0.15, 0.2) is 0 Å². The predicted molar refractivity (Wildman–Crippen MR) is 108 cm³/mol. The maximum Gasteiger partial charge on any atom is 0.221 e. The average Bonchev–Trinajstić information content (AvgIpc) is 2.97. The summed E-state index contributed by atoms with van der Waals surface area (Å²) >= 11 is 0. The molecule has 0 bridgehead atoms. The van der Waals surface area contributed by atoms with Crippen LogP contribution in [0, 0.1) is 11.7 Å². The van der Waals surface area contributed by atoms with Gasteiger partial charge in [0.2, 0.25) is 5.91 Å². The smallest absolute Gasteiger partial charge is 0.221 e. The number of halogens is 1. The number of amides is 1. The molecule has 1 amide bonds. The zero-order valence-corrected chi connectivity index (χ0v) is 16.4. The van der Waals surface area contributed by atoms with Gasteiger partial charge in [-0.15, -0.1) is 0 Å². The van der Waals surface area contributed by atoms with Crippen LogP contribution in [0.3, 0.4) is 0 Å². The van der Waals surface area contributed by atoms with E-state index in [1.54, 1.807) is 12.1 Å². The molecule has 0 radical (unpaired) electrons. The van der Waals surface area contributed by atoms with Crippen LogP contribution in [0.5, 0.6) is 0 Å². The zero-order valence-electron chi connectivity index (χ0n) is 16.4. The lowest BCUT2D eigenvalue weighted by Gasteiger charge is -2.21. The van der Waals surface area contributed by atoms with Crippen LogP contribution in [0.25, 0.3) is 10.9 Å². The molecule has 0 aliphatic carbocycles. The van der Waals surface area contributed by atoms with Crippen molar-refractivity contribution in [3.05, 3.63) is 71.7 Å². The second-order valence-electron chi connectivity index (χ2n) is 7.62. The lowest BCUT2D eigenvalue weighted by atomic mass is 9.87. The second-order valence-corrected chi connectivity index (χ2v) is 7.62. The second kappa shape index (κ2) is 7.95. The summed E-state index contributed by atoms with van der Waals surface area (Å²) in [5.74, 6) is -0.0152. The van der Waals surface area contributed by atoms with Gasteiger partial charge < -0.3 is 9.88 Å². The Bertz CT molecular complexity index is 927. The molecular formula is C23H27FN2O. The van der Waals surface area contributed by atoms with Crippen LogP contribution in [0.15, 0.2) is 54.7 Å². The molecule has 4 heteroatoms. The van der Waals surface area contributed by atoms with Crippen molar-refractivity contribution in [2.75, 3.05) is 0 Å². The summed E-state index contributed by atoms with van der Waals surface area (Å²) in [6.45, 7) is 6.20. The number of carbonyl (C=O) groups excluding carboxylic acids is 1. The Kier molecular flexibility index (Phi) is 5.64. The summed E-state index contributed by atoms with van der Waals surface area (Å²) < 4.78 is 15.5. The Labute approximate surface area is 160 Å². The summed E-state index contributed by atoms with van der Waals surface area (Å²) in [6.07, 6.45) is 2.41. The fourth-order valence-electron chi connectivity index (χ4n) is 3.42. The number of aryl methyl sites for hydroxylation is 1. The summed E-state index contributed by atoms with van der Waals surface area (Å²) in [6, 6.07) is 14.8. The minimum Gasteiger partial charge on any atom is -0.353 e. The maximum atomic E-state index is 13.4. The molecule has 3 aromatic rings. The molecule has 1 aromatic heterocycles. The molecule has 0 aliphatic rings. The largest absolute Gasteiger partial charge is 0.353 e. The third-order valence-corrected chi connectivity index (χ3v) is 5.35. The van der Waals surface area contributed by atoms with Gasteiger partial charge in [-0.2, -0.15) is 0 Å². The van der Waals surface area contributed by atoms with Crippen molar-refractivity contribution in [3.8, 4) is 0 Å². The highest BCUT2D eigenvalue weighted by Crippen LogP contribution is 2.34. The summed E-state index contributed by atoms with van der Waals surface area (Å²) in [5, 5.41) is 4.22. The van der Waals surface area contributed by atoms with Crippen molar-refractivity contribution < 1.29 is 9.18 Å². The maximum absolute atomic E-state index is 13.4. The lowest BCUT2D eigenvalue weighted by Crippen LogP contribution is -2.36. The molecule has 2 aromatic carbocycles. The van der Waals surface area contributed by atoms with Crippen LogP contribution >= 0.6 is 0 Å². The van der Waals surface area contributed by atoms with E-state index in [1.165, 1.54) is 12.1 Å². The van der Waals surface area contributed by atoms with Gasteiger partial charge in [-0.3, -0.25) is 4.79 Å². The fourth-order valence-corrected chi connectivity index (χ4v) is 3.42. The SMILES string of the molecule is CC(C)C(C)NC(=O)CC(c1ccc(F)cc1)c1cn(C)c2ccccc12. The predicted octanol–water partition coefficient (Wildman–Crippen LogP) is 5.00. The van der Waals surface area contributed by atoms with Crippen molar-refractivity contribution in [1.29, 1.82) is 0 Å². The van der Waals surface area contributed by atoms with Crippen LogP contribution in [0.4, 0.5) is 4.39 Å². The first-order chi connectivity index (χ1) is 12.9. The Balaban J connectivity index is 1.99. The minimum atomic E-state index is -0.270. The molecule has 142 valence electrons. The average molecular weight is 366 g/mol. The number of para-hydroxylation sites is 1. The Morgan fingerprint density at radius 1 is 1.07 bits per heavy atom. The van der Waals surface area contributed by atoms with Crippen LogP contribution in [-0.4, -0.2) is 16.5 Å². The van der Waals surface area contributed by atoms with Crippen molar-refractivity contribution in [3.63, 3.8) is 0 Å². The van der Waals surface area contributed by atoms with Crippen molar-refractivity contribution in [2.24, 2.45) is 13.0 Å². The standard InChI is InChI=1S/C23H27FN2O/c1-15(2)16(3)25-23(27)13-20(17-9-11-18(24)12-10-17)21-14-26(4)22-8-6-5-7-19(21)22/h5-12,14-16,20H,13H2,1-4H3,(H,25,27). The molecule has 1 heterocycles. The fraction of sp³-hybridized carbons (Fsp3) is 0.348. The van der Waals surface area contributed by atoms with E-state index in [9.17, 15) is 9.18 Å². The van der Waals surface area contributed by atoms with Gasteiger partial charge in [0.05, 0.1) is 0 Å². The normalized spacial score (nSPS) is 13.7. The Hall–Kier alpha value is -2.62. The topological polar surface area (TPSA) is 34.0 Å². The Morgan fingerprint density at radius 3 is 2.41 bits per heavy atom. The first-order valence-corrected chi connectivity index (χ1v) is 9.45. The molecule has 0 spiro atoms. The van der Waals surface area contributed by atoms with Gasteiger partial charge in [0, 0.05) is 42.5 Å². The number of rotatable bonds is 6. The van der Waals surface area contributed by atoms with E-state index >= 15 is 0 Å². The van der Waals surface area contributed by atoms with Gasteiger partial charge in [0.1, 0.15) is 5.82 Å². The lowest BCUT2D eigenvalue weighted by molar-refractivity contribution is -0.122. The van der Waals surface area contributed by atoms with Gasteiger partial charge in [-0.1, -0.05) is 44.2 Å². The van der Waals surface area contributed by atoms with Gasteiger partial charge in [-0.25, -0.2) is 4.39 Å². The van der Waals surface area contributed by atoms with E-state index in [0.29, 0.717) is 12.3 Å². The zero-order chi connectivity index (χ0) is 19.6. The first kappa shape index (κ1) is 19.2. The molecule has 2 atom stereocenters. The molecule has 0 saturated carbocycles. The third kappa shape index (κ3) is 4.21. The number of hydrogen-bond donors (Lipinski definition) is 1. The van der Waals surface area contributed by atoms with Crippen LogP contribution < -0.4 is 5.32 Å². The van der Waals surface area contributed by atoms with E-state index in [0.717, 1.165) is 22.0 Å². The molecule has 0 saturated heterocycles. The van der Waals surface area contributed by atoms with Crippen LogP contribution in [-0.2, 0) is 11.8 Å². The Morgan fingerprint density at radius 2 is 1.74 bits per heavy atom. The number of benzene rings is 2. The van der Waals surface area contributed by atoms with Crippen molar-refractivity contribution in [1.82, 2.24) is 9.88 Å². The number of carbonyl (C=O) groups is 1. The summed E-state index contributed by atoms with van der Waals surface area (Å²) in [4.78, 5) is 12.7. The van der Waals surface area contributed by atoms with E-state index < -0.39 is 0 Å². The number of hydrogen-bond acceptors (Lipinski definition) is 1. The minimum absolute atomic E-state index is 0.0125. The van der Waals surface area contributed by atoms with Gasteiger partial charge in [-0.05, 0) is 42.2 Å². The van der Waals surface area contributed by atoms with E-state index in [1.807, 2.05) is 26.1 Å². The summed E-state index contributed by atoms with van der Waals surface area (Å²) in [7, 11) is 2.01. The molecule has 2 unspecified atom stereocenters. The molecular weight excluding hydrogens is 339 g/mol. The molecule has 3 nitrogen and oxygen atoms in total. The van der Waals surface area contributed by atoms with Crippen LogP contribution in [0.1, 0.15) is 44.2 Å². The van der Waals surface area contributed by atoms with Crippen LogP contribution in [0.2, 0.25) is 0 Å². The number of nitrogens with zero attached hydrogens (tertiary/aromatic N) is 1. The molecule has 0 aliphatic heterocycles. The first-order valence-electron chi connectivity index (χ1n) is 9.45. The van der Waals surface area contributed by atoms with Crippen molar-refractivity contribution in [2.45, 2.75) is 39.2 Å². The van der Waals surface area contributed by atoms with Crippen molar-refractivity contribution >= 4 is 16.8 Å². The molecule has 0 fully saturated rings. The highest BCUT2D eigenvalue weighted by Gasteiger charge is 2.23. The van der Waals surface area contributed by atoms with E-state index in [2.05, 4.69) is 42.1 Å². The molecule has 1 N–H and O–H groups in total. The quantitative estimate of drug-likeness (QED) is 0.654. The highest BCUT2D eigenvalue weighted by atomic mass is 19.1.